The van der Waals surface area contributed by atoms with Crippen LogP contribution in [0.4, 0.5) is 0 Å². The summed E-state index contributed by atoms with van der Waals surface area (Å²) in [4.78, 5) is 0. The van der Waals surface area contributed by atoms with Crippen molar-refractivity contribution in [3.05, 3.63) is 0 Å². The summed E-state index contributed by atoms with van der Waals surface area (Å²) >= 11 is 0. The van der Waals surface area contributed by atoms with Gasteiger partial charge in [0.05, 0.1) is 12.2 Å². The number of hydrogen-bond acceptors (Lipinski definition) is 3. The molecule has 0 aromatic heterocycles. The van der Waals surface area contributed by atoms with Crippen LogP contribution in [0.3, 0.4) is 0 Å². The molecule has 3 nitrogen and oxygen atoms in total. The van der Waals surface area contributed by atoms with Crippen LogP contribution in [0.5, 0.6) is 0 Å². The minimum Gasteiger partial charge on any atom is -0.414 e. The molecule has 0 bridgehead atoms. The van der Waals surface area contributed by atoms with Gasteiger partial charge in [-0.2, -0.15) is 0 Å². The van der Waals surface area contributed by atoms with Gasteiger partial charge in [-0.15, -0.1) is 0 Å². The highest BCUT2D eigenvalue weighted by molar-refractivity contribution is 6.74. The SMILES string of the molecule is CCCCCCCCCCCCC[C@@H](O[Si](C)(C)C(C)(C)C)[C@H](C)[C@@H](O)[C@@H](C)CO. The average molecular weight is 445 g/mol. The van der Waals surface area contributed by atoms with Crippen molar-refractivity contribution < 1.29 is 14.6 Å². The molecule has 0 unspecified atom stereocenters. The first kappa shape index (κ1) is 30.1. The van der Waals surface area contributed by atoms with Crippen molar-refractivity contribution in [2.45, 2.75) is 149 Å². The molecule has 182 valence electrons. The molecule has 0 fully saturated rings. The van der Waals surface area contributed by atoms with Crippen LogP contribution in [0.1, 0.15) is 119 Å². The van der Waals surface area contributed by atoms with Crippen LogP contribution in [-0.4, -0.2) is 37.3 Å². The highest BCUT2D eigenvalue weighted by atomic mass is 28.4. The molecule has 0 radical (unpaired) electrons. The maximum Gasteiger partial charge on any atom is 0.192 e. The molecule has 0 heterocycles. The predicted octanol–water partition coefficient (Wildman–Crippen LogP) is 7.70. The third-order valence-corrected chi connectivity index (χ3v) is 11.8. The summed E-state index contributed by atoms with van der Waals surface area (Å²) in [5, 5.41) is 20.4. The van der Waals surface area contributed by atoms with Crippen LogP contribution >= 0.6 is 0 Å². The Morgan fingerprint density at radius 2 is 1.23 bits per heavy atom. The van der Waals surface area contributed by atoms with Gasteiger partial charge in [-0.05, 0) is 24.6 Å². The van der Waals surface area contributed by atoms with Gasteiger partial charge in [-0.1, -0.05) is 112 Å². The van der Waals surface area contributed by atoms with E-state index in [2.05, 4.69) is 47.7 Å². The maximum atomic E-state index is 10.7. The number of unbranched alkanes of at least 4 members (excludes halogenated alkanes) is 10. The average Bonchev–Trinajstić information content (AvgIpc) is 2.68. The summed E-state index contributed by atoms with van der Waals surface area (Å²) in [5.74, 6) is -0.0627. The Balaban J connectivity index is 4.45. The van der Waals surface area contributed by atoms with Crippen LogP contribution < -0.4 is 0 Å². The fourth-order valence-electron chi connectivity index (χ4n) is 3.84. The molecule has 0 spiro atoms. The van der Waals surface area contributed by atoms with Gasteiger partial charge in [-0.25, -0.2) is 0 Å². The minimum absolute atomic E-state index is 0.0246. The van der Waals surface area contributed by atoms with Crippen molar-refractivity contribution in [1.82, 2.24) is 0 Å². The normalized spacial score (nSPS) is 17.0. The van der Waals surface area contributed by atoms with Crippen LogP contribution in [0.15, 0.2) is 0 Å². The fraction of sp³-hybridized carbons (Fsp3) is 1.00. The third kappa shape index (κ3) is 12.2. The first-order chi connectivity index (χ1) is 14.0. The first-order valence-electron chi connectivity index (χ1n) is 12.9. The van der Waals surface area contributed by atoms with Crippen molar-refractivity contribution in [1.29, 1.82) is 0 Å². The van der Waals surface area contributed by atoms with Crippen LogP contribution in [-0.2, 0) is 4.43 Å². The Kier molecular flexibility index (Phi) is 15.9. The van der Waals surface area contributed by atoms with Gasteiger partial charge in [0.25, 0.3) is 0 Å². The van der Waals surface area contributed by atoms with Crippen molar-refractivity contribution in [3.63, 3.8) is 0 Å². The van der Waals surface area contributed by atoms with Gasteiger partial charge >= 0.3 is 0 Å². The number of rotatable bonds is 18. The summed E-state index contributed by atoms with van der Waals surface area (Å²) in [7, 11) is -1.90. The standard InChI is InChI=1S/C26H56O3Si/c1-9-10-11-12-13-14-15-16-17-18-19-20-24(23(3)25(28)22(2)21-27)29-30(7,8)26(4,5)6/h22-25,27-28H,9-21H2,1-8H3/t22-,23-,24+,25-/m0/s1. The second-order valence-corrected chi connectivity index (χ2v) is 16.0. The van der Waals surface area contributed by atoms with E-state index in [1.807, 2.05) is 6.92 Å². The molecule has 0 saturated carbocycles. The Labute approximate surface area is 190 Å². The number of aliphatic hydroxyl groups excluding tert-OH is 2. The molecule has 4 atom stereocenters. The maximum absolute atomic E-state index is 10.7. The van der Waals surface area contributed by atoms with E-state index in [9.17, 15) is 10.2 Å². The Bertz CT molecular complexity index is 406. The molecule has 0 aliphatic rings. The first-order valence-corrected chi connectivity index (χ1v) is 15.9. The van der Waals surface area contributed by atoms with Gasteiger partial charge in [0.15, 0.2) is 8.32 Å². The van der Waals surface area contributed by atoms with Crippen molar-refractivity contribution in [3.8, 4) is 0 Å². The molecule has 0 aromatic carbocycles. The van der Waals surface area contributed by atoms with E-state index in [-0.39, 0.29) is 29.6 Å². The molecule has 0 amide bonds. The predicted molar refractivity (Wildman–Crippen MR) is 135 cm³/mol. The van der Waals surface area contributed by atoms with E-state index in [1.54, 1.807) is 0 Å². The quantitative estimate of drug-likeness (QED) is 0.168. The zero-order valence-electron chi connectivity index (χ0n) is 21.8. The minimum atomic E-state index is -1.90. The van der Waals surface area contributed by atoms with E-state index in [1.165, 1.54) is 70.6 Å². The summed E-state index contributed by atoms with van der Waals surface area (Å²) in [5.41, 5.74) is 0. The molecule has 0 aromatic rings. The molecule has 0 saturated heterocycles. The Morgan fingerprint density at radius 1 is 0.800 bits per heavy atom. The van der Waals surface area contributed by atoms with E-state index < -0.39 is 14.4 Å². The summed E-state index contributed by atoms with van der Waals surface area (Å²) in [6.45, 7) is 17.7. The van der Waals surface area contributed by atoms with Crippen LogP contribution in [0.25, 0.3) is 0 Å². The zero-order valence-corrected chi connectivity index (χ0v) is 22.8. The highest BCUT2D eigenvalue weighted by Gasteiger charge is 2.41. The monoisotopic (exact) mass is 444 g/mol. The lowest BCUT2D eigenvalue weighted by molar-refractivity contribution is -0.0179. The van der Waals surface area contributed by atoms with Crippen LogP contribution in [0, 0.1) is 11.8 Å². The largest absolute Gasteiger partial charge is 0.414 e. The van der Waals surface area contributed by atoms with Gasteiger partial charge in [0, 0.05) is 18.4 Å². The topological polar surface area (TPSA) is 49.7 Å². The second-order valence-electron chi connectivity index (χ2n) is 11.3. The zero-order chi connectivity index (χ0) is 23.2. The lowest BCUT2D eigenvalue weighted by Crippen LogP contribution is -2.48. The van der Waals surface area contributed by atoms with Gasteiger partial charge in [0.1, 0.15) is 0 Å². The molecule has 0 rings (SSSR count). The lowest BCUT2D eigenvalue weighted by Gasteiger charge is -2.42. The van der Waals surface area contributed by atoms with Gasteiger partial charge < -0.3 is 14.6 Å². The van der Waals surface area contributed by atoms with Gasteiger partial charge in [0.2, 0.25) is 0 Å². The number of hydrogen-bond donors (Lipinski definition) is 2. The fourth-order valence-corrected chi connectivity index (χ4v) is 5.28. The van der Waals surface area contributed by atoms with Gasteiger partial charge in [-0.3, -0.25) is 0 Å². The lowest BCUT2D eigenvalue weighted by atomic mass is 9.87. The third-order valence-electron chi connectivity index (χ3n) is 7.34. The van der Waals surface area contributed by atoms with Crippen molar-refractivity contribution in [2.24, 2.45) is 11.8 Å². The van der Waals surface area contributed by atoms with E-state index >= 15 is 0 Å². The molecule has 0 aliphatic heterocycles. The molecule has 0 aliphatic carbocycles. The molecule has 4 heteroatoms. The van der Waals surface area contributed by atoms with Crippen molar-refractivity contribution in [2.75, 3.05) is 6.61 Å². The molecular weight excluding hydrogens is 388 g/mol. The summed E-state index contributed by atoms with van der Waals surface area (Å²) in [6, 6.07) is 0. The van der Waals surface area contributed by atoms with Crippen LogP contribution in [0.2, 0.25) is 18.1 Å². The second kappa shape index (κ2) is 15.8. The van der Waals surface area contributed by atoms with E-state index in [0.29, 0.717) is 0 Å². The molecule has 30 heavy (non-hydrogen) atoms. The van der Waals surface area contributed by atoms with E-state index in [4.69, 9.17) is 4.43 Å². The Morgan fingerprint density at radius 3 is 1.63 bits per heavy atom. The van der Waals surface area contributed by atoms with E-state index in [0.717, 1.165) is 6.42 Å². The Hall–Kier alpha value is 0.0969. The summed E-state index contributed by atoms with van der Waals surface area (Å²) < 4.78 is 6.77. The molecule has 2 N–H and O–H groups in total. The number of aliphatic hydroxyl groups is 2. The highest BCUT2D eigenvalue weighted by Crippen LogP contribution is 2.39. The molecular formula is C26H56O3Si. The smallest absolute Gasteiger partial charge is 0.192 e. The summed E-state index contributed by atoms with van der Waals surface area (Å²) in [6.07, 6.45) is 15.4. The van der Waals surface area contributed by atoms with Crippen molar-refractivity contribution >= 4 is 8.32 Å².